The first kappa shape index (κ1) is 21.6. The normalized spacial score (nSPS) is 11.4. The summed E-state index contributed by atoms with van der Waals surface area (Å²) < 4.78 is 16.3. The Morgan fingerprint density at radius 2 is 2.04 bits per heavy atom. The summed E-state index contributed by atoms with van der Waals surface area (Å²) in [6, 6.07) is 12.4. The molecule has 2 aromatic rings. The van der Waals surface area contributed by atoms with Crippen LogP contribution in [0.1, 0.15) is 24.0 Å². The predicted octanol–water partition coefficient (Wildman–Crippen LogP) is 3.81. The molecule has 6 nitrogen and oxygen atoms in total. The van der Waals surface area contributed by atoms with Crippen molar-refractivity contribution in [2.75, 3.05) is 13.7 Å². The third-order valence-electron chi connectivity index (χ3n) is 4.04. The van der Waals surface area contributed by atoms with Gasteiger partial charge in [-0.15, -0.1) is 0 Å². The molecule has 2 aromatic carbocycles. The van der Waals surface area contributed by atoms with Crippen molar-refractivity contribution in [3.05, 3.63) is 53.6 Å². The first-order valence-corrected chi connectivity index (χ1v) is 9.70. The molecule has 2 N–H and O–H groups in total. The Hall–Kier alpha value is -2.69. The van der Waals surface area contributed by atoms with E-state index in [9.17, 15) is 4.79 Å². The smallest absolute Gasteiger partial charge is 0.323 e. The monoisotopic (exact) mass is 400 g/mol. The molecule has 0 unspecified atom stereocenters. The number of aryl methyl sites for hydroxylation is 1. The van der Waals surface area contributed by atoms with Crippen LogP contribution < -0.4 is 15.2 Å². The molecule has 0 saturated carbocycles. The molecular formula is C21H24N2O4S. The molecule has 7 heteroatoms. The van der Waals surface area contributed by atoms with Crippen LogP contribution in [0.2, 0.25) is 0 Å². The Morgan fingerprint density at radius 1 is 1.29 bits per heavy atom. The molecule has 2 rings (SSSR count). The van der Waals surface area contributed by atoms with Crippen LogP contribution in [0, 0.1) is 17.6 Å². The second-order valence-corrected chi connectivity index (χ2v) is 6.95. The highest BCUT2D eigenvalue weighted by atomic mass is 32.2. The van der Waals surface area contributed by atoms with Gasteiger partial charge >= 0.3 is 5.97 Å². The predicted molar refractivity (Wildman–Crippen MR) is 108 cm³/mol. The summed E-state index contributed by atoms with van der Waals surface area (Å²) >= 11 is 1.06. The van der Waals surface area contributed by atoms with E-state index in [0.717, 1.165) is 27.8 Å². The summed E-state index contributed by atoms with van der Waals surface area (Å²) in [6.45, 7) is 2.52. The minimum Gasteiger partial charge on any atom is -0.495 e. The van der Waals surface area contributed by atoms with Crippen molar-refractivity contribution in [3.63, 3.8) is 0 Å². The van der Waals surface area contributed by atoms with Gasteiger partial charge in [-0.3, -0.25) is 4.79 Å². The van der Waals surface area contributed by atoms with Gasteiger partial charge in [0.1, 0.15) is 29.5 Å². The van der Waals surface area contributed by atoms with Crippen LogP contribution in [0.5, 0.6) is 11.5 Å². The molecule has 0 saturated heterocycles. The SMILES string of the molecule is COc1cc(OCCC[C@H](N)C(=O)OCc2ccccc2)cc(C)c1SC#N. The van der Waals surface area contributed by atoms with Crippen molar-refractivity contribution in [1.29, 1.82) is 5.26 Å². The van der Waals surface area contributed by atoms with Gasteiger partial charge in [0.15, 0.2) is 0 Å². The molecule has 0 spiro atoms. The Kier molecular flexibility index (Phi) is 8.66. The summed E-state index contributed by atoms with van der Waals surface area (Å²) in [5.74, 6) is 0.832. The van der Waals surface area contributed by atoms with Crippen LogP contribution in [0.15, 0.2) is 47.4 Å². The van der Waals surface area contributed by atoms with Gasteiger partial charge in [0.25, 0.3) is 0 Å². The van der Waals surface area contributed by atoms with E-state index in [4.69, 9.17) is 25.2 Å². The van der Waals surface area contributed by atoms with Crippen molar-refractivity contribution in [2.24, 2.45) is 5.73 Å². The van der Waals surface area contributed by atoms with E-state index < -0.39 is 12.0 Å². The van der Waals surface area contributed by atoms with Gasteiger partial charge in [0.2, 0.25) is 0 Å². The molecule has 1 atom stereocenters. The van der Waals surface area contributed by atoms with E-state index in [2.05, 4.69) is 5.40 Å². The largest absolute Gasteiger partial charge is 0.495 e. The average Bonchev–Trinajstić information content (AvgIpc) is 2.71. The van der Waals surface area contributed by atoms with E-state index in [1.165, 1.54) is 0 Å². The highest BCUT2D eigenvalue weighted by Gasteiger charge is 2.15. The van der Waals surface area contributed by atoms with Crippen LogP contribution in [0.4, 0.5) is 0 Å². The molecular weight excluding hydrogens is 376 g/mol. The van der Waals surface area contributed by atoms with E-state index in [0.29, 0.717) is 30.9 Å². The number of thiocyanates is 1. The molecule has 0 aliphatic carbocycles. The molecule has 0 heterocycles. The number of benzene rings is 2. The lowest BCUT2D eigenvalue weighted by molar-refractivity contribution is -0.146. The fourth-order valence-corrected chi connectivity index (χ4v) is 3.12. The Bertz CT molecular complexity index is 821. The molecule has 148 valence electrons. The van der Waals surface area contributed by atoms with Crippen molar-refractivity contribution < 1.29 is 19.0 Å². The molecule has 0 amide bonds. The lowest BCUT2D eigenvalue weighted by atomic mass is 10.2. The number of thioether (sulfide) groups is 1. The molecule has 0 bridgehead atoms. The number of carbonyl (C=O) groups excluding carboxylic acids is 1. The number of carbonyl (C=O) groups is 1. The number of hydrogen-bond acceptors (Lipinski definition) is 7. The number of nitriles is 1. The zero-order chi connectivity index (χ0) is 20.4. The highest BCUT2D eigenvalue weighted by Crippen LogP contribution is 2.35. The van der Waals surface area contributed by atoms with E-state index in [-0.39, 0.29) is 6.61 Å². The van der Waals surface area contributed by atoms with E-state index >= 15 is 0 Å². The summed E-state index contributed by atoms with van der Waals surface area (Å²) in [7, 11) is 1.56. The van der Waals surface area contributed by atoms with Crippen molar-refractivity contribution in [3.8, 4) is 16.9 Å². The molecule has 0 aromatic heterocycles. The van der Waals surface area contributed by atoms with Crippen LogP contribution in [0.3, 0.4) is 0 Å². The fourth-order valence-electron chi connectivity index (χ4n) is 2.57. The van der Waals surface area contributed by atoms with E-state index in [1.807, 2.05) is 43.3 Å². The lowest BCUT2D eigenvalue weighted by Crippen LogP contribution is -2.32. The number of esters is 1. The maximum atomic E-state index is 12.0. The first-order valence-electron chi connectivity index (χ1n) is 8.88. The highest BCUT2D eigenvalue weighted by molar-refractivity contribution is 8.03. The first-order chi connectivity index (χ1) is 13.5. The van der Waals surface area contributed by atoms with Crippen molar-refractivity contribution in [2.45, 2.75) is 37.3 Å². The third kappa shape index (κ3) is 6.48. The van der Waals surface area contributed by atoms with Gasteiger partial charge in [0.05, 0.1) is 18.6 Å². The zero-order valence-corrected chi connectivity index (χ0v) is 16.8. The van der Waals surface area contributed by atoms with Crippen molar-refractivity contribution >= 4 is 17.7 Å². The molecule has 0 aliphatic rings. The number of methoxy groups -OCH3 is 1. The molecule has 28 heavy (non-hydrogen) atoms. The van der Waals surface area contributed by atoms with Gasteiger partial charge in [-0.05, 0) is 48.7 Å². The maximum Gasteiger partial charge on any atom is 0.323 e. The van der Waals surface area contributed by atoms with Crippen LogP contribution in [-0.4, -0.2) is 25.7 Å². The topological polar surface area (TPSA) is 94.6 Å². The second-order valence-electron chi connectivity index (χ2n) is 6.16. The fraction of sp³-hybridized carbons (Fsp3) is 0.333. The van der Waals surface area contributed by atoms with Crippen LogP contribution in [-0.2, 0) is 16.1 Å². The van der Waals surface area contributed by atoms with E-state index in [1.54, 1.807) is 13.2 Å². The van der Waals surface area contributed by atoms with Gasteiger partial charge in [0, 0.05) is 6.07 Å². The molecule has 0 fully saturated rings. The molecule has 0 radical (unpaired) electrons. The quantitative estimate of drug-likeness (QED) is 0.280. The maximum absolute atomic E-state index is 12.0. The number of nitrogens with zero attached hydrogens (tertiary/aromatic N) is 1. The van der Waals surface area contributed by atoms with Gasteiger partial charge in [-0.2, -0.15) is 5.26 Å². The summed E-state index contributed by atoms with van der Waals surface area (Å²) in [4.78, 5) is 12.8. The van der Waals surface area contributed by atoms with Gasteiger partial charge in [-0.25, -0.2) is 0 Å². The Labute approximate surface area is 169 Å². The van der Waals surface area contributed by atoms with Gasteiger partial charge in [-0.1, -0.05) is 30.3 Å². The summed E-state index contributed by atoms with van der Waals surface area (Å²) in [5, 5.41) is 10.9. The standard InChI is InChI=1S/C21H24N2O4S/c1-15-11-17(12-19(25-2)20(15)28-14-22)26-10-6-9-18(23)21(24)27-13-16-7-4-3-5-8-16/h3-5,7-8,11-12,18H,6,9-10,13,23H2,1-2H3/t18-/m0/s1. The molecule has 0 aliphatic heterocycles. The summed E-state index contributed by atoms with van der Waals surface area (Å²) in [6.07, 6.45) is 1.07. The number of rotatable bonds is 10. The Balaban J connectivity index is 1.76. The third-order valence-corrected chi connectivity index (χ3v) is 4.86. The second kappa shape index (κ2) is 11.2. The average molecular weight is 401 g/mol. The van der Waals surface area contributed by atoms with Crippen LogP contribution >= 0.6 is 11.8 Å². The summed E-state index contributed by atoms with van der Waals surface area (Å²) in [5.41, 5.74) is 7.73. The lowest BCUT2D eigenvalue weighted by Gasteiger charge is -2.14. The Morgan fingerprint density at radius 3 is 2.71 bits per heavy atom. The number of ether oxygens (including phenoxy) is 3. The minimum atomic E-state index is -0.682. The number of hydrogen-bond donors (Lipinski definition) is 1. The van der Waals surface area contributed by atoms with Crippen molar-refractivity contribution in [1.82, 2.24) is 0 Å². The minimum absolute atomic E-state index is 0.218. The number of nitrogens with two attached hydrogens (primary N) is 1. The van der Waals surface area contributed by atoms with Crippen LogP contribution in [0.25, 0.3) is 0 Å². The zero-order valence-electron chi connectivity index (χ0n) is 16.0. The van der Waals surface area contributed by atoms with Gasteiger partial charge < -0.3 is 19.9 Å².